The standard InChI is InChI=1S/C9H10FIN2O6/c10-9(18)6(16)4(3-14)19-7(9)12-2-1-5(15)13(11)8(12)17/h1-2,4,6-7,14,16,18H,3H2/t4-,6-,7-,9+/m1/s1. The van der Waals surface area contributed by atoms with Gasteiger partial charge < -0.3 is 20.1 Å². The molecule has 4 atom stereocenters. The van der Waals surface area contributed by atoms with Gasteiger partial charge in [0.2, 0.25) is 0 Å². The van der Waals surface area contributed by atoms with E-state index in [1.807, 2.05) is 0 Å². The van der Waals surface area contributed by atoms with Gasteiger partial charge in [-0.2, -0.15) is 2.78 Å². The second kappa shape index (κ2) is 4.94. The maximum atomic E-state index is 14.0. The molecule has 1 saturated heterocycles. The zero-order valence-electron chi connectivity index (χ0n) is 9.31. The Balaban J connectivity index is 2.51. The minimum Gasteiger partial charge on any atom is -0.394 e. The van der Waals surface area contributed by atoms with Gasteiger partial charge in [-0.05, 0) is 0 Å². The minimum atomic E-state index is -3.26. The van der Waals surface area contributed by atoms with E-state index in [1.54, 1.807) is 0 Å². The van der Waals surface area contributed by atoms with E-state index in [0.29, 0.717) is 7.35 Å². The molecular weight excluding hydrogens is 378 g/mol. The van der Waals surface area contributed by atoms with Crippen molar-refractivity contribution in [3.05, 3.63) is 33.1 Å². The van der Waals surface area contributed by atoms with Crippen molar-refractivity contribution in [1.29, 1.82) is 0 Å². The number of nitrogens with zero attached hydrogens (tertiary/aromatic N) is 2. The van der Waals surface area contributed by atoms with E-state index in [0.717, 1.165) is 12.3 Å². The SMILES string of the molecule is O=c1ccn([C@@H]2O[C@H](CO)[C@@H](O)[C@@]2(O)F)c(=O)n1I. The summed E-state index contributed by atoms with van der Waals surface area (Å²) >= 11 is 1.41. The first-order valence-corrected chi connectivity index (χ1v) is 6.13. The summed E-state index contributed by atoms with van der Waals surface area (Å²) in [4.78, 5) is 23.0. The fourth-order valence-corrected chi connectivity index (χ4v) is 2.20. The molecule has 0 amide bonds. The van der Waals surface area contributed by atoms with Gasteiger partial charge in [-0.15, -0.1) is 0 Å². The summed E-state index contributed by atoms with van der Waals surface area (Å²) in [5.41, 5.74) is -1.55. The number of hydrogen-bond donors (Lipinski definition) is 3. The molecule has 0 unspecified atom stereocenters. The minimum absolute atomic E-state index is 0.624. The molecule has 2 heterocycles. The predicted octanol–water partition coefficient (Wildman–Crippen LogP) is -1.88. The molecule has 2 rings (SSSR count). The molecule has 8 nitrogen and oxygen atoms in total. The number of alkyl halides is 1. The highest BCUT2D eigenvalue weighted by Gasteiger charge is 2.57. The fraction of sp³-hybridized carbons (Fsp3) is 0.556. The van der Waals surface area contributed by atoms with Crippen molar-refractivity contribution in [2.45, 2.75) is 24.3 Å². The van der Waals surface area contributed by atoms with Crippen molar-refractivity contribution >= 4 is 22.9 Å². The monoisotopic (exact) mass is 388 g/mol. The first-order valence-electron chi connectivity index (χ1n) is 5.16. The van der Waals surface area contributed by atoms with Gasteiger partial charge in [0.25, 0.3) is 11.4 Å². The van der Waals surface area contributed by atoms with Gasteiger partial charge in [0.15, 0.2) is 6.23 Å². The first kappa shape index (κ1) is 14.6. The summed E-state index contributed by atoms with van der Waals surface area (Å²) in [6.45, 7) is -0.734. The van der Waals surface area contributed by atoms with E-state index in [1.165, 1.54) is 22.9 Å². The summed E-state index contributed by atoms with van der Waals surface area (Å²) < 4.78 is 20.2. The van der Waals surface area contributed by atoms with Crippen molar-refractivity contribution in [2.75, 3.05) is 6.61 Å². The summed E-state index contributed by atoms with van der Waals surface area (Å²) in [6.07, 6.45) is -4.29. The van der Waals surface area contributed by atoms with Gasteiger partial charge in [-0.3, -0.25) is 9.36 Å². The third-order valence-electron chi connectivity index (χ3n) is 2.81. The Morgan fingerprint density at radius 2 is 2.16 bits per heavy atom. The van der Waals surface area contributed by atoms with Crippen LogP contribution in [-0.4, -0.2) is 47.3 Å². The van der Waals surface area contributed by atoms with Gasteiger partial charge in [-0.1, -0.05) is 0 Å². The van der Waals surface area contributed by atoms with E-state index in [4.69, 9.17) is 9.84 Å². The Morgan fingerprint density at radius 1 is 1.53 bits per heavy atom. The largest absolute Gasteiger partial charge is 0.394 e. The molecule has 1 aromatic rings. The predicted molar refractivity (Wildman–Crippen MR) is 67.4 cm³/mol. The van der Waals surface area contributed by atoms with E-state index in [9.17, 15) is 24.2 Å². The van der Waals surface area contributed by atoms with Crippen molar-refractivity contribution < 1.29 is 24.4 Å². The lowest BCUT2D eigenvalue weighted by molar-refractivity contribution is -0.197. The highest BCUT2D eigenvalue weighted by atomic mass is 127. The second-order valence-electron chi connectivity index (χ2n) is 4.01. The molecule has 0 bridgehead atoms. The lowest BCUT2D eigenvalue weighted by Gasteiger charge is -2.23. The number of ether oxygens (including phenoxy) is 1. The topological polar surface area (TPSA) is 114 Å². The zero-order valence-corrected chi connectivity index (χ0v) is 11.5. The van der Waals surface area contributed by atoms with Crippen LogP contribution in [-0.2, 0) is 4.74 Å². The van der Waals surface area contributed by atoms with Crippen LogP contribution in [0.25, 0.3) is 0 Å². The summed E-state index contributed by atoms with van der Waals surface area (Å²) in [5, 5.41) is 27.9. The highest BCUT2D eigenvalue weighted by molar-refractivity contribution is 14.1. The summed E-state index contributed by atoms with van der Waals surface area (Å²) in [6, 6.07) is 0.978. The van der Waals surface area contributed by atoms with Crippen LogP contribution in [0.2, 0.25) is 0 Å². The smallest absolute Gasteiger partial charge is 0.342 e. The Kier molecular flexibility index (Phi) is 3.79. The van der Waals surface area contributed by atoms with Crippen LogP contribution in [0.15, 0.2) is 21.9 Å². The van der Waals surface area contributed by atoms with Gasteiger partial charge in [0.1, 0.15) is 12.2 Å². The average Bonchev–Trinajstić information content (AvgIpc) is 2.59. The number of hydrogen-bond acceptors (Lipinski definition) is 6. The Bertz CT molecular complexity index is 599. The molecular formula is C9H10FIN2O6. The Morgan fingerprint density at radius 3 is 2.68 bits per heavy atom. The Hall–Kier alpha value is -0.820. The summed E-state index contributed by atoms with van der Waals surface area (Å²) in [5.74, 6) is -3.26. The van der Waals surface area contributed by atoms with Crippen LogP contribution in [0.4, 0.5) is 4.39 Å². The van der Waals surface area contributed by atoms with Crippen LogP contribution in [0.5, 0.6) is 0 Å². The molecule has 19 heavy (non-hydrogen) atoms. The van der Waals surface area contributed by atoms with E-state index >= 15 is 0 Å². The molecule has 10 heteroatoms. The normalized spacial score (nSPS) is 34.7. The maximum Gasteiger partial charge on any atom is 0.342 e. The first-order chi connectivity index (χ1) is 8.80. The molecule has 0 aromatic carbocycles. The molecule has 1 fully saturated rings. The molecule has 0 saturated carbocycles. The number of aliphatic hydroxyl groups excluding tert-OH is 2. The molecule has 0 radical (unpaired) electrons. The number of rotatable bonds is 2. The van der Waals surface area contributed by atoms with Crippen LogP contribution < -0.4 is 11.2 Å². The van der Waals surface area contributed by atoms with Crippen LogP contribution in [0.3, 0.4) is 0 Å². The van der Waals surface area contributed by atoms with Crippen molar-refractivity contribution in [3.63, 3.8) is 0 Å². The molecule has 0 spiro atoms. The van der Waals surface area contributed by atoms with Gasteiger partial charge in [0.05, 0.1) is 29.5 Å². The quantitative estimate of drug-likeness (QED) is 0.511. The Labute approximate surface area is 119 Å². The average molecular weight is 388 g/mol. The van der Waals surface area contributed by atoms with E-state index < -0.39 is 42.1 Å². The van der Waals surface area contributed by atoms with Crippen LogP contribution in [0, 0.1) is 0 Å². The van der Waals surface area contributed by atoms with Gasteiger partial charge in [-0.25, -0.2) is 9.18 Å². The molecule has 1 aliphatic heterocycles. The number of aliphatic hydroxyl groups is 3. The molecule has 1 aromatic heterocycles. The van der Waals surface area contributed by atoms with Crippen LogP contribution in [0.1, 0.15) is 6.23 Å². The second-order valence-corrected chi connectivity index (χ2v) is 4.97. The molecule has 1 aliphatic rings. The van der Waals surface area contributed by atoms with Gasteiger partial charge >= 0.3 is 5.69 Å². The zero-order chi connectivity index (χ0) is 14.4. The fourth-order valence-electron chi connectivity index (χ4n) is 1.79. The molecule has 3 N–H and O–H groups in total. The van der Waals surface area contributed by atoms with Crippen molar-refractivity contribution in [1.82, 2.24) is 7.35 Å². The maximum absolute atomic E-state index is 14.0. The van der Waals surface area contributed by atoms with Gasteiger partial charge in [0, 0.05) is 12.3 Å². The number of aromatic nitrogens is 2. The lowest BCUT2D eigenvalue weighted by Crippen LogP contribution is -2.46. The van der Waals surface area contributed by atoms with E-state index in [-0.39, 0.29) is 0 Å². The van der Waals surface area contributed by atoms with E-state index in [2.05, 4.69) is 0 Å². The summed E-state index contributed by atoms with van der Waals surface area (Å²) in [7, 11) is 0. The van der Waals surface area contributed by atoms with Crippen molar-refractivity contribution in [3.8, 4) is 0 Å². The van der Waals surface area contributed by atoms with Crippen molar-refractivity contribution in [2.24, 2.45) is 0 Å². The number of halogens is 2. The third kappa shape index (κ3) is 2.23. The molecule has 0 aliphatic carbocycles. The lowest BCUT2D eigenvalue weighted by atomic mass is 10.1. The third-order valence-corrected chi connectivity index (χ3v) is 3.70. The van der Waals surface area contributed by atoms with Crippen LogP contribution >= 0.6 is 22.9 Å². The highest BCUT2D eigenvalue weighted by Crippen LogP contribution is 2.38. The molecule has 106 valence electrons.